The number of phosphoric acid groups is 2. The Kier molecular flexibility index (Phi) is 68.4. The van der Waals surface area contributed by atoms with Crippen molar-refractivity contribution in [2.24, 2.45) is 0 Å². The van der Waals surface area contributed by atoms with Crippen LogP contribution < -0.4 is 0 Å². The second-order valence-electron chi connectivity index (χ2n) is 25.5. The van der Waals surface area contributed by atoms with Gasteiger partial charge in [-0.1, -0.05) is 273 Å². The summed E-state index contributed by atoms with van der Waals surface area (Å²) >= 11 is 0. The van der Waals surface area contributed by atoms with Crippen LogP contribution in [0.3, 0.4) is 0 Å². The zero-order valence-electron chi connectivity index (χ0n) is 61.7. The van der Waals surface area contributed by atoms with Gasteiger partial charge in [-0.3, -0.25) is 37.3 Å². The molecule has 0 radical (unpaired) electrons. The lowest BCUT2D eigenvalue weighted by molar-refractivity contribution is -0.161. The fraction of sp³-hybridized carbons (Fsp3) is 0.747. The van der Waals surface area contributed by atoms with E-state index in [1.165, 1.54) is 77.0 Å². The molecule has 0 amide bonds. The predicted molar refractivity (Wildman–Crippen MR) is 399 cm³/mol. The van der Waals surface area contributed by atoms with Crippen molar-refractivity contribution in [2.75, 3.05) is 39.6 Å². The Hall–Kier alpha value is -4.02. The van der Waals surface area contributed by atoms with Crippen molar-refractivity contribution in [1.29, 1.82) is 0 Å². The van der Waals surface area contributed by atoms with Gasteiger partial charge in [-0.05, 0) is 122 Å². The van der Waals surface area contributed by atoms with Gasteiger partial charge in [0.25, 0.3) is 0 Å². The van der Waals surface area contributed by atoms with E-state index in [9.17, 15) is 43.2 Å². The maximum atomic E-state index is 13.1. The summed E-state index contributed by atoms with van der Waals surface area (Å²) in [5.41, 5.74) is 0. The number of allylic oxidation sites excluding steroid dienone is 16. The minimum Gasteiger partial charge on any atom is -0.462 e. The minimum absolute atomic E-state index is 0.0767. The Bertz CT molecular complexity index is 2240. The van der Waals surface area contributed by atoms with Crippen molar-refractivity contribution in [3.8, 4) is 0 Å². The molecular weight excluding hydrogens is 1280 g/mol. The van der Waals surface area contributed by atoms with Gasteiger partial charge in [0.05, 0.1) is 26.4 Å². The monoisotopic (exact) mass is 1420 g/mol. The molecule has 5 unspecified atom stereocenters. The van der Waals surface area contributed by atoms with Crippen LogP contribution >= 0.6 is 15.6 Å². The van der Waals surface area contributed by atoms with Gasteiger partial charge in [0.1, 0.15) is 19.3 Å². The molecule has 3 N–H and O–H groups in total. The zero-order chi connectivity index (χ0) is 71.8. The molecule has 0 aromatic rings. The van der Waals surface area contributed by atoms with Crippen LogP contribution in [0.2, 0.25) is 0 Å². The average Bonchev–Trinajstić information content (AvgIpc) is 0.982. The lowest BCUT2D eigenvalue weighted by Gasteiger charge is -2.21. The Morgan fingerprint density at radius 1 is 0.296 bits per heavy atom. The van der Waals surface area contributed by atoms with Crippen LogP contribution in [-0.2, 0) is 65.4 Å². The second kappa shape index (κ2) is 71.4. The maximum absolute atomic E-state index is 13.1. The largest absolute Gasteiger partial charge is 0.472 e. The molecular formula is C79H138O17P2. The van der Waals surface area contributed by atoms with E-state index in [0.29, 0.717) is 25.7 Å². The van der Waals surface area contributed by atoms with Crippen LogP contribution in [0.1, 0.15) is 323 Å². The summed E-state index contributed by atoms with van der Waals surface area (Å²) in [5.74, 6) is -2.23. The molecule has 0 aromatic heterocycles. The lowest BCUT2D eigenvalue weighted by atomic mass is 10.1. The summed E-state index contributed by atoms with van der Waals surface area (Å²) in [6.07, 6.45) is 74.0. The predicted octanol–water partition coefficient (Wildman–Crippen LogP) is 22.0. The Morgan fingerprint density at radius 3 is 0.847 bits per heavy atom. The zero-order valence-corrected chi connectivity index (χ0v) is 63.5. The SMILES string of the molecule is CC/C=C\C/C=C\C/C=C\C/C=C\CCCCC(=O)OCC(COP(=O)(O)OCC(O)COP(=O)(O)OCC(COC(=O)CCCCCCCCC/C=C\C/C=C\C/C=C\CC)OC(=O)CCCCCCCCCCCCC)OC(=O)CCCCCCC/C=C\CCCCCCCC. The summed E-state index contributed by atoms with van der Waals surface area (Å²) in [5, 5.41) is 10.6. The number of hydrogen-bond donors (Lipinski definition) is 3. The third-order valence-corrected chi connectivity index (χ3v) is 17.9. The van der Waals surface area contributed by atoms with E-state index in [1.54, 1.807) is 0 Å². The number of ether oxygens (including phenoxy) is 4. The van der Waals surface area contributed by atoms with Gasteiger partial charge in [-0.15, -0.1) is 0 Å². The molecule has 98 heavy (non-hydrogen) atoms. The summed E-state index contributed by atoms with van der Waals surface area (Å²) in [4.78, 5) is 72.8. The first kappa shape index (κ1) is 94.0. The summed E-state index contributed by atoms with van der Waals surface area (Å²) in [7, 11) is -9.96. The fourth-order valence-corrected chi connectivity index (χ4v) is 11.8. The van der Waals surface area contributed by atoms with Gasteiger partial charge in [-0.2, -0.15) is 0 Å². The normalized spacial score (nSPS) is 14.5. The Labute approximate surface area is 595 Å². The second-order valence-corrected chi connectivity index (χ2v) is 28.4. The highest BCUT2D eigenvalue weighted by atomic mass is 31.2. The molecule has 5 atom stereocenters. The van der Waals surface area contributed by atoms with Crippen molar-refractivity contribution in [3.05, 3.63) is 97.2 Å². The molecule has 17 nitrogen and oxygen atoms in total. The van der Waals surface area contributed by atoms with Gasteiger partial charge in [0, 0.05) is 25.7 Å². The van der Waals surface area contributed by atoms with E-state index in [-0.39, 0.29) is 25.7 Å². The number of unbranched alkanes of at least 4 members (excludes halogenated alkanes) is 30. The smallest absolute Gasteiger partial charge is 0.462 e. The molecule has 0 aliphatic heterocycles. The number of carbonyl (C=O) groups excluding carboxylic acids is 4. The molecule has 566 valence electrons. The van der Waals surface area contributed by atoms with Crippen molar-refractivity contribution < 1.29 is 80.2 Å². The van der Waals surface area contributed by atoms with Crippen LogP contribution in [0.4, 0.5) is 0 Å². The van der Waals surface area contributed by atoms with E-state index in [2.05, 4.69) is 125 Å². The fourth-order valence-electron chi connectivity index (χ4n) is 10.2. The number of hydrogen-bond acceptors (Lipinski definition) is 15. The quantitative estimate of drug-likeness (QED) is 0.0169. The summed E-state index contributed by atoms with van der Waals surface area (Å²) in [6, 6.07) is 0. The van der Waals surface area contributed by atoms with Crippen LogP contribution in [0.15, 0.2) is 97.2 Å². The van der Waals surface area contributed by atoms with Crippen molar-refractivity contribution in [2.45, 2.75) is 341 Å². The van der Waals surface area contributed by atoms with Crippen molar-refractivity contribution in [3.63, 3.8) is 0 Å². The van der Waals surface area contributed by atoms with Gasteiger partial charge >= 0.3 is 39.5 Å². The molecule has 0 fully saturated rings. The highest BCUT2D eigenvalue weighted by Crippen LogP contribution is 2.45. The van der Waals surface area contributed by atoms with Crippen molar-refractivity contribution in [1.82, 2.24) is 0 Å². The maximum Gasteiger partial charge on any atom is 0.472 e. The molecule has 0 bridgehead atoms. The molecule has 0 saturated carbocycles. The number of phosphoric ester groups is 2. The highest BCUT2D eigenvalue weighted by molar-refractivity contribution is 7.47. The van der Waals surface area contributed by atoms with Crippen LogP contribution in [0.25, 0.3) is 0 Å². The lowest BCUT2D eigenvalue weighted by Crippen LogP contribution is -2.30. The Morgan fingerprint density at radius 2 is 0.531 bits per heavy atom. The molecule has 0 heterocycles. The third-order valence-electron chi connectivity index (χ3n) is 16.0. The standard InChI is InChI=1S/C79H138O17P2/c1-5-9-13-17-21-25-29-32-35-36-39-41-45-48-52-56-60-64-77(82)89-69-74(95-78(83)65-61-57-53-49-43-28-24-20-16-12-8-4)71-93-97(85,86)91-67-73(80)68-92-98(87,88)94-72-75(96-79(84)66-62-58-54-50-46-42-38-34-31-27-23-19-15-11-7-3)70-90-76(81)63-59-55-51-47-44-40-37-33-30-26-22-18-14-10-6-2/h9-10,13-14,21-22,25-26,32-35,37-38,44,47,73-75,80H,5-8,11-12,15-20,23-24,27-31,36,39-43,45-46,48-72H2,1-4H3,(H,85,86)(H,87,88)/b13-9-,14-10-,25-21-,26-22-,35-32-,37-33-,38-34-,47-44-. The summed E-state index contributed by atoms with van der Waals surface area (Å²) in [6.45, 7) is 4.60. The first-order valence-corrected chi connectivity index (χ1v) is 41.5. The van der Waals surface area contributed by atoms with E-state index < -0.39 is 97.5 Å². The highest BCUT2D eigenvalue weighted by Gasteiger charge is 2.30. The van der Waals surface area contributed by atoms with Gasteiger partial charge in [0.15, 0.2) is 12.2 Å². The van der Waals surface area contributed by atoms with Crippen molar-refractivity contribution >= 4 is 39.5 Å². The molecule has 19 heteroatoms. The molecule has 0 aliphatic rings. The molecule has 0 spiro atoms. The summed E-state index contributed by atoms with van der Waals surface area (Å²) < 4.78 is 68.4. The van der Waals surface area contributed by atoms with Crippen LogP contribution in [0, 0.1) is 0 Å². The van der Waals surface area contributed by atoms with E-state index in [1.807, 2.05) is 0 Å². The molecule has 0 aliphatic carbocycles. The topological polar surface area (TPSA) is 237 Å². The molecule has 0 aromatic carbocycles. The number of aliphatic hydroxyl groups is 1. The number of aliphatic hydroxyl groups excluding tert-OH is 1. The third kappa shape index (κ3) is 70.4. The van der Waals surface area contributed by atoms with E-state index in [4.69, 9.17) is 37.0 Å². The van der Waals surface area contributed by atoms with Gasteiger partial charge in [-0.25, -0.2) is 9.13 Å². The van der Waals surface area contributed by atoms with Crippen LogP contribution in [-0.4, -0.2) is 96.7 Å². The molecule has 0 rings (SSSR count). The van der Waals surface area contributed by atoms with E-state index >= 15 is 0 Å². The first-order valence-electron chi connectivity index (χ1n) is 38.5. The molecule has 0 saturated heterocycles. The van der Waals surface area contributed by atoms with Crippen LogP contribution in [0.5, 0.6) is 0 Å². The number of rotatable bonds is 72. The minimum atomic E-state index is -4.98. The van der Waals surface area contributed by atoms with E-state index in [0.717, 1.165) is 167 Å². The van der Waals surface area contributed by atoms with Gasteiger partial charge < -0.3 is 33.8 Å². The average molecular weight is 1420 g/mol. The number of carbonyl (C=O) groups is 4. The number of esters is 4. The first-order chi connectivity index (χ1) is 47.7. The van der Waals surface area contributed by atoms with Gasteiger partial charge in [0.2, 0.25) is 0 Å². The Balaban J connectivity index is 5.35.